The number of nitrogens with one attached hydrogen (secondary N) is 2. The Morgan fingerprint density at radius 2 is 2.14 bits per heavy atom. The van der Waals surface area contributed by atoms with Gasteiger partial charge in [-0.1, -0.05) is 23.4 Å². The van der Waals surface area contributed by atoms with Crippen molar-refractivity contribution in [2.45, 2.75) is 38.6 Å². The van der Waals surface area contributed by atoms with Crippen LogP contribution in [0.2, 0.25) is 0 Å². The zero-order valence-corrected chi connectivity index (χ0v) is 15.7. The lowest BCUT2D eigenvalue weighted by Gasteiger charge is -2.21. The van der Waals surface area contributed by atoms with E-state index in [4.69, 9.17) is 4.74 Å². The Bertz CT molecular complexity index is 921. The molecule has 0 bridgehead atoms. The highest BCUT2D eigenvalue weighted by molar-refractivity contribution is 5.74. The van der Waals surface area contributed by atoms with Crippen LogP contribution in [0, 0.1) is 0 Å². The molecule has 1 aliphatic rings. The monoisotopic (exact) mass is 381 g/mol. The van der Waals surface area contributed by atoms with Crippen molar-refractivity contribution >= 4 is 6.03 Å². The van der Waals surface area contributed by atoms with Gasteiger partial charge in [-0.25, -0.2) is 14.2 Å². The van der Waals surface area contributed by atoms with Gasteiger partial charge in [0.1, 0.15) is 6.10 Å². The molecule has 146 valence electrons. The van der Waals surface area contributed by atoms with Gasteiger partial charge in [0.25, 0.3) is 0 Å². The van der Waals surface area contributed by atoms with E-state index in [9.17, 15) is 4.79 Å². The largest absolute Gasteiger partial charge is 0.370 e. The Kier molecular flexibility index (Phi) is 5.34. The summed E-state index contributed by atoms with van der Waals surface area (Å²) in [4.78, 5) is 12.4. The molecule has 0 unspecified atom stereocenters. The van der Waals surface area contributed by atoms with Gasteiger partial charge in [-0.05, 0) is 31.5 Å². The summed E-state index contributed by atoms with van der Waals surface area (Å²) in [5.41, 5.74) is 2.74. The quantitative estimate of drug-likeness (QED) is 0.679. The predicted molar refractivity (Wildman–Crippen MR) is 102 cm³/mol. The van der Waals surface area contributed by atoms with Crippen LogP contribution in [0.15, 0.2) is 48.8 Å². The minimum atomic E-state index is -0.253. The van der Waals surface area contributed by atoms with Crippen LogP contribution in [-0.2, 0) is 17.8 Å². The molecule has 2 N–H and O–H groups in total. The Labute approximate surface area is 162 Å². The number of aryl methyl sites for hydroxylation is 1. The third kappa shape index (κ3) is 3.74. The van der Waals surface area contributed by atoms with Gasteiger partial charge >= 0.3 is 6.03 Å². The van der Waals surface area contributed by atoms with Crippen molar-refractivity contribution in [3.8, 4) is 5.69 Å². The Morgan fingerprint density at radius 3 is 2.96 bits per heavy atom. The van der Waals surface area contributed by atoms with Crippen LogP contribution in [0.3, 0.4) is 0 Å². The number of rotatable bonds is 6. The van der Waals surface area contributed by atoms with E-state index in [1.54, 1.807) is 17.1 Å². The van der Waals surface area contributed by atoms with E-state index < -0.39 is 0 Å². The second kappa shape index (κ2) is 8.22. The van der Waals surface area contributed by atoms with Crippen molar-refractivity contribution in [3.05, 3.63) is 60.2 Å². The number of benzene rings is 1. The number of nitrogens with zero attached hydrogens (tertiary/aromatic N) is 5. The second-order valence-electron chi connectivity index (χ2n) is 6.56. The molecule has 9 nitrogen and oxygen atoms in total. The fourth-order valence-electron chi connectivity index (χ4n) is 3.42. The Balaban J connectivity index is 1.42. The summed E-state index contributed by atoms with van der Waals surface area (Å²) in [5.74, 6) is 0. The SMILES string of the molecule is CCn1nncc1CNC(=O)N[C@@H]1CCO[C@H]1c1ccnn1-c1ccccc1. The minimum Gasteiger partial charge on any atom is -0.370 e. The molecule has 0 aliphatic carbocycles. The topological polar surface area (TPSA) is 98.9 Å². The highest BCUT2D eigenvalue weighted by atomic mass is 16.5. The molecule has 28 heavy (non-hydrogen) atoms. The van der Waals surface area contributed by atoms with Gasteiger partial charge in [0.2, 0.25) is 0 Å². The lowest BCUT2D eigenvalue weighted by Crippen LogP contribution is -2.43. The standard InChI is InChI=1S/C19H23N7O2/c1-2-25-15(13-21-24-25)12-20-19(27)23-16-9-11-28-18(16)17-8-10-22-26(17)14-6-4-3-5-7-14/h3-8,10,13,16,18H,2,9,11-12H2,1H3,(H2,20,23,27)/t16-,18-/m1/s1. The Hall–Kier alpha value is -3.20. The molecule has 9 heteroatoms. The molecule has 3 heterocycles. The highest BCUT2D eigenvalue weighted by Gasteiger charge is 2.33. The first-order valence-corrected chi connectivity index (χ1v) is 9.39. The van der Waals surface area contributed by atoms with Crippen molar-refractivity contribution in [3.63, 3.8) is 0 Å². The van der Waals surface area contributed by atoms with E-state index in [1.807, 2.05) is 48.0 Å². The fourth-order valence-corrected chi connectivity index (χ4v) is 3.42. The van der Waals surface area contributed by atoms with E-state index >= 15 is 0 Å². The van der Waals surface area contributed by atoms with Crippen LogP contribution in [0.5, 0.6) is 0 Å². The van der Waals surface area contributed by atoms with E-state index in [0.29, 0.717) is 19.7 Å². The zero-order chi connectivity index (χ0) is 19.3. The summed E-state index contributed by atoms with van der Waals surface area (Å²) in [7, 11) is 0. The van der Waals surface area contributed by atoms with E-state index in [0.717, 1.165) is 23.5 Å². The number of carbonyl (C=O) groups excluding carboxylic acids is 1. The summed E-state index contributed by atoms with van der Waals surface area (Å²) < 4.78 is 9.54. The maximum Gasteiger partial charge on any atom is 0.315 e. The summed E-state index contributed by atoms with van der Waals surface area (Å²) in [6, 6.07) is 11.4. The molecule has 2 atom stereocenters. The lowest BCUT2D eigenvalue weighted by molar-refractivity contribution is 0.0946. The second-order valence-corrected chi connectivity index (χ2v) is 6.56. The molecule has 0 spiro atoms. The number of carbonyl (C=O) groups is 1. The lowest BCUT2D eigenvalue weighted by atomic mass is 10.1. The van der Waals surface area contributed by atoms with E-state index in [-0.39, 0.29) is 18.2 Å². The number of urea groups is 1. The Morgan fingerprint density at radius 1 is 1.29 bits per heavy atom. The first-order valence-electron chi connectivity index (χ1n) is 9.39. The fraction of sp³-hybridized carbons (Fsp3) is 0.368. The maximum absolute atomic E-state index is 12.4. The zero-order valence-electron chi connectivity index (χ0n) is 15.7. The number of aromatic nitrogens is 5. The first-order chi connectivity index (χ1) is 13.8. The van der Waals surface area contributed by atoms with Gasteiger partial charge in [-0.15, -0.1) is 5.10 Å². The third-order valence-corrected chi connectivity index (χ3v) is 4.80. The smallest absolute Gasteiger partial charge is 0.315 e. The van der Waals surface area contributed by atoms with Crippen LogP contribution in [0.1, 0.15) is 30.8 Å². The van der Waals surface area contributed by atoms with Gasteiger partial charge in [-0.2, -0.15) is 5.10 Å². The van der Waals surface area contributed by atoms with Crippen molar-refractivity contribution in [1.82, 2.24) is 35.4 Å². The molecule has 1 aromatic carbocycles. The molecule has 3 aromatic rings. The number of hydrogen-bond acceptors (Lipinski definition) is 5. The molecule has 0 radical (unpaired) electrons. The van der Waals surface area contributed by atoms with E-state index in [2.05, 4.69) is 26.0 Å². The average molecular weight is 381 g/mol. The summed E-state index contributed by atoms with van der Waals surface area (Å²) in [5, 5.41) is 18.2. The van der Waals surface area contributed by atoms with Gasteiger partial charge < -0.3 is 15.4 Å². The van der Waals surface area contributed by atoms with E-state index in [1.165, 1.54) is 0 Å². The van der Waals surface area contributed by atoms with Crippen molar-refractivity contribution in [2.24, 2.45) is 0 Å². The summed E-state index contributed by atoms with van der Waals surface area (Å²) in [6.07, 6.45) is 3.90. The van der Waals surface area contributed by atoms with Crippen LogP contribution in [0.4, 0.5) is 4.79 Å². The third-order valence-electron chi connectivity index (χ3n) is 4.80. The number of hydrogen-bond donors (Lipinski definition) is 2. The molecule has 1 saturated heterocycles. The number of ether oxygens (including phenoxy) is 1. The van der Waals surface area contributed by atoms with Gasteiger partial charge in [0.05, 0.1) is 35.9 Å². The van der Waals surface area contributed by atoms with Crippen molar-refractivity contribution in [2.75, 3.05) is 6.61 Å². The number of para-hydroxylation sites is 1. The van der Waals surface area contributed by atoms with Crippen LogP contribution in [-0.4, -0.2) is 43.5 Å². The first kappa shape index (κ1) is 18.2. The molecule has 4 rings (SSSR count). The maximum atomic E-state index is 12.4. The molecule has 2 aromatic heterocycles. The van der Waals surface area contributed by atoms with Crippen molar-refractivity contribution < 1.29 is 9.53 Å². The molecule has 1 fully saturated rings. The molecular formula is C19H23N7O2. The predicted octanol–water partition coefficient (Wildman–Crippen LogP) is 1.81. The average Bonchev–Trinajstić information content (AvgIpc) is 3.46. The summed E-state index contributed by atoms with van der Waals surface area (Å²) in [6.45, 7) is 3.64. The highest BCUT2D eigenvalue weighted by Crippen LogP contribution is 2.30. The minimum absolute atomic E-state index is 0.131. The number of amides is 2. The van der Waals surface area contributed by atoms with Gasteiger partial charge in [-0.3, -0.25) is 0 Å². The molecule has 0 saturated carbocycles. The van der Waals surface area contributed by atoms with Crippen molar-refractivity contribution in [1.29, 1.82) is 0 Å². The summed E-state index contributed by atoms with van der Waals surface area (Å²) >= 11 is 0. The molecule has 1 aliphatic heterocycles. The molecular weight excluding hydrogens is 358 g/mol. The van der Waals surface area contributed by atoms with Gasteiger partial charge in [0.15, 0.2) is 0 Å². The molecule has 2 amide bonds. The van der Waals surface area contributed by atoms with Crippen LogP contribution >= 0.6 is 0 Å². The normalized spacial score (nSPS) is 18.9. The van der Waals surface area contributed by atoms with Crippen LogP contribution < -0.4 is 10.6 Å². The van der Waals surface area contributed by atoms with Gasteiger partial charge in [0, 0.05) is 19.3 Å². The van der Waals surface area contributed by atoms with Crippen LogP contribution in [0.25, 0.3) is 5.69 Å².